The summed E-state index contributed by atoms with van der Waals surface area (Å²) in [6.45, 7) is 2.42. The van der Waals surface area contributed by atoms with Crippen molar-refractivity contribution in [3.63, 3.8) is 0 Å². The van der Waals surface area contributed by atoms with Crippen LogP contribution in [0.25, 0.3) is 0 Å². The van der Waals surface area contributed by atoms with E-state index in [9.17, 15) is 0 Å². The molecule has 0 radical (unpaired) electrons. The quantitative estimate of drug-likeness (QED) is 0.569. The highest BCUT2D eigenvalue weighted by Gasteiger charge is 2.52. The van der Waals surface area contributed by atoms with Crippen LogP contribution in [0.5, 0.6) is 0 Å². The summed E-state index contributed by atoms with van der Waals surface area (Å²) in [5, 5.41) is 11.6. The van der Waals surface area contributed by atoms with E-state index in [-0.39, 0.29) is 5.41 Å². The molecule has 4 nitrogen and oxygen atoms in total. The molecule has 1 saturated carbocycles. The summed E-state index contributed by atoms with van der Waals surface area (Å²) in [6, 6.07) is 1.81. The van der Waals surface area contributed by atoms with Gasteiger partial charge in [0.1, 0.15) is 6.26 Å². The van der Waals surface area contributed by atoms with Crippen LogP contribution in [0.15, 0.2) is 16.9 Å². The van der Waals surface area contributed by atoms with E-state index in [2.05, 4.69) is 5.16 Å². The lowest BCUT2D eigenvalue weighted by Crippen LogP contribution is -2.22. The Balaban J connectivity index is 2.17. The predicted molar refractivity (Wildman–Crippen MR) is 46.8 cm³/mol. The Morgan fingerprint density at radius 2 is 2.54 bits per heavy atom. The predicted octanol–water partition coefficient (Wildman–Crippen LogP) is 1.72. The first-order chi connectivity index (χ1) is 6.29. The van der Waals surface area contributed by atoms with E-state index in [1.165, 1.54) is 6.26 Å². The Hall–Kier alpha value is -1.32. The molecule has 0 aliphatic heterocycles. The summed E-state index contributed by atoms with van der Waals surface area (Å²) in [5.74, 6) is 0.323. The Morgan fingerprint density at radius 3 is 3.00 bits per heavy atom. The van der Waals surface area contributed by atoms with Crippen LogP contribution >= 0.6 is 0 Å². The highest BCUT2D eigenvalue weighted by molar-refractivity contribution is 5.88. The maximum Gasteiger partial charge on any atom is 0.193 e. The number of hydrogen-bond donors (Lipinski definition) is 1. The third-order valence-electron chi connectivity index (χ3n) is 2.40. The van der Waals surface area contributed by atoms with Crippen molar-refractivity contribution in [2.45, 2.75) is 25.2 Å². The van der Waals surface area contributed by atoms with Crippen LogP contribution in [-0.2, 0) is 10.2 Å². The molecule has 1 aliphatic carbocycles. The molecular formula is C9H12N2O2. The molecule has 1 heterocycles. The van der Waals surface area contributed by atoms with Crippen LogP contribution in [0.1, 0.15) is 25.5 Å². The highest BCUT2D eigenvalue weighted by Crippen LogP contribution is 2.48. The van der Waals surface area contributed by atoms with Crippen molar-refractivity contribution in [1.29, 1.82) is 5.41 Å². The second kappa shape index (κ2) is 2.87. The molecule has 0 unspecified atom stereocenters. The second-order valence-corrected chi connectivity index (χ2v) is 3.23. The fourth-order valence-corrected chi connectivity index (χ4v) is 1.47. The molecule has 1 aliphatic rings. The Kier molecular flexibility index (Phi) is 1.83. The van der Waals surface area contributed by atoms with E-state index in [1.54, 1.807) is 6.07 Å². The smallest absolute Gasteiger partial charge is 0.193 e. The van der Waals surface area contributed by atoms with Crippen LogP contribution in [0.2, 0.25) is 0 Å². The molecule has 1 aromatic rings. The maximum absolute atomic E-state index is 7.73. The van der Waals surface area contributed by atoms with Crippen LogP contribution < -0.4 is 0 Å². The van der Waals surface area contributed by atoms with Crippen LogP contribution in [0, 0.1) is 5.41 Å². The molecule has 0 spiro atoms. The van der Waals surface area contributed by atoms with Crippen molar-refractivity contribution >= 4 is 5.90 Å². The van der Waals surface area contributed by atoms with Gasteiger partial charge in [-0.15, -0.1) is 0 Å². The minimum absolute atomic E-state index is 0.261. The van der Waals surface area contributed by atoms with Gasteiger partial charge in [0, 0.05) is 6.07 Å². The molecule has 1 aromatic heterocycles. The first-order valence-electron chi connectivity index (χ1n) is 4.42. The van der Waals surface area contributed by atoms with E-state index in [0.29, 0.717) is 12.5 Å². The van der Waals surface area contributed by atoms with Gasteiger partial charge in [-0.3, -0.25) is 5.41 Å². The Morgan fingerprint density at radius 1 is 1.77 bits per heavy atom. The summed E-state index contributed by atoms with van der Waals surface area (Å²) in [7, 11) is 0. The van der Waals surface area contributed by atoms with Crippen molar-refractivity contribution in [1.82, 2.24) is 5.16 Å². The monoisotopic (exact) mass is 180 g/mol. The molecule has 1 fully saturated rings. The van der Waals surface area contributed by atoms with E-state index < -0.39 is 0 Å². The largest absolute Gasteiger partial charge is 0.481 e. The normalized spacial score (nSPS) is 18.2. The molecule has 0 bridgehead atoms. The van der Waals surface area contributed by atoms with Gasteiger partial charge in [-0.05, 0) is 19.8 Å². The van der Waals surface area contributed by atoms with Crippen LogP contribution in [0.4, 0.5) is 0 Å². The van der Waals surface area contributed by atoms with Gasteiger partial charge in [0.25, 0.3) is 0 Å². The van der Waals surface area contributed by atoms with E-state index in [4.69, 9.17) is 14.7 Å². The average Bonchev–Trinajstić information content (AvgIpc) is 2.76. The maximum atomic E-state index is 7.73. The molecular weight excluding hydrogens is 168 g/mol. The van der Waals surface area contributed by atoms with Gasteiger partial charge >= 0.3 is 0 Å². The molecule has 0 saturated heterocycles. The Bertz CT molecular complexity index is 301. The molecule has 1 N–H and O–H groups in total. The third-order valence-corrected chi connectivity index (χ3v) is 2.40. The molecule has 4 heteroatoms. The number of hydrogen-bond acceptors (Lipinski definition) is 4. The van der Waals surface area contributed by atoms with Gasteiger partial charge in [0.05, 0.1) is 17.7 Å². The minimum atomic E-state index is -0.261. The van der Waals surface area contributed by atoms with Gasteiger partial charge in [0.2, 0.25) is 0 Å². The molecule has 0 atom stereocenters. The highest BCUT2D eigenvalue weighted by atomic mass is 16.5. The van der Waals surface area contributed by atoms with Gasteiger partial charge in [-0.2, -0.15) is 0 Å². The van der Waals surface area contributed by atoms with E-state index in [1.807, 2.05) is 6.92 Å². The van der Waals surface area contributed by atoms with Gasteiger partial charge in [0.15, 0.2) is 5.90 Å². The van der Waals surface area contributed by atoms with Crippen molar-refractivity contribution in [3.8, 4) is 0 Å². The zero-order valence-electron chi connectivity index (χ0n) is 7.54. The van der Waals surface area contributed by atoms with Crippen molar-refractivity contribution in [2.24, 2.45) is 0 Å². The number of ether oxygens (including phenoxy) is 1. The second-order valence-electron chi connectivity index (χ2n) is 3.23. The van der Waals surface area contributed by atoms with E-state index in [0.717, 1.165) is 18.5 Å². The molecule has 0 aromatic carbocycles. The lowest BCUT2D eigenvalue weighted by atomic mass is 10.0. The van der Waals surface area contributed by atoms with Gasteiger partial charge in [-0.1, -0.05) is 5.16 Å². The fraction of sp³-hybridized carbons (Fsp3) is 0.556. The van der Waals surface area contributed by atoms with Gasteiger partial charge < -0.3 is 9.26 Å². The standard InChI is InChI=1S/C9H12N2O2/c1-2-12-8(10)9(4-5-9)7-3-6-13-11-7/h3,6,10H,2,4-5H2,1H3. The molecule has 13 heavy (non-hydrogen) atoms. The SMILES string of the molecule is CCOC(=N)C1(c2ccon2)CC1. The molecule has 70 valence electrons. The summed E-state index contributed by atoms with van der Waals surface area (Å²) < 4.78 is 9.96. The topological polar surface area (TPSA) is 59.1 Å². The van der Waals surface area contributed by atoms with Crippen LogP contribution in [0.3, 0.4) is 0 Å². The lowest BCUT2D eigenvalue weighted by molar-refractivity contribution is 0.302. The Labute approximate surface area is 76.4 Å². The summed E-state index contributed by atoms with van der Waals surface area (Å²) in [4.78, 5) is 0. The number of rotatable bonds is 3. The number of nitrogens with zero attached hydrogens (tertiary/aromatic N) is 1. The molecule has 2 rings (SSSR count). The number of nitrogens with one attached hydrogen (secondary N) is 1. The summed E-state index contributed by atoms with van der Waals surface area (Å²) in [5.41, 5.74) is 0.564. The molecule has 0 amide bonds. The van der Waals surface area contributed by atoms with E-state index >= 15 is 0 Å². The average molecular weight is 180 g/mol. The zero-order chi connectivity index (χ0) is 9.31. The summed E-state index contributed by atoms with van der Waals surface area (Å²) in [6.07, 6.45) is 3.42. The first-order valence-corrected chi connectivity index (χ1v) is 4.42. The lowest BCUT2D eigenvalue weighted by Gasteiger charge is -2.12. The van der Waals surface area contributed by atoms with Crippen molar-refractivity contribution in [2.75, 3.05) is 6.61 Å². The van der Waals surface area contributed by atoms with Crippen molar-refractivity contribution in [3.05, 3.63) is 18.0 Å². The summed E-state index contributed by atoms with van der Waals surface area (Å²) >= 11 is 0. The fourth-order valence-electron chi connectivity index (χ4n) is 1.47. The first kappa shape index (κ1) is 8.29. The minimum Gasteiger partial charge on any atom is -0.481 e. The van der Waals surface area contributed by atoms with Crippen LogP contribution in [-0.4, -0.2) is 17.7 Å². The third kappa shape index (κ3) is 1.22. The zero-order valence-corrected chi connectivity index (χ0v) is 7.54. The number of aromatic nitrogens is 1. The van der Waals surface area contributed by atoms with Crippen molar-refractivity contribution < 1.29 is 9.26 Å². The van der Waals surface area contributed by atoms with Gasteiger partial charge in [-0.25, -0.2) is 0 Å².